The van der Waals surface area contributed by atoms with E-state index in [9.17, 15) is 4.79 Å². The van der Waals surface area contributed by atoms with E-state index in [-0.39, 0.29) is 0 Å². The highest BCUT2D eigenvalue weighted by atomic mass is 35.5. The summed E-state index contributed by atoms with van der Waals surface area (Å²) in [6.45, 7) is 4.35. The van der Waals surface area contributed by atoms with Gasteiger partial charge in [0.15, 0.2) is 0 Å². The van der Waals surface area contributed by atoms with Crippen molar-refractivity contribution in [3.63, 3.8) is 0 Å². The van der Waals surface area contributed by atoms with Crippen LogP contribution in [0.5, 0.6) is 0 Å². The van der Waals surface area contributed by atoms with Crippen LogP contribution in [-0.4, -0.2) is 23.7 Å². The van der Waals surface area contributed by atoms with Gasteiger partial charge >= 0.3 is 5.97 Å². The number of carbonyl (C=O) groups excluding carboxylic acids is 1. The van der Waals surface area contributed by atoms with Crippen molar-refractivity contribution in [1.82, 2.24) is 0 Å². The van der Waals surface area contributed by atoms with Crippen LogP contribution in [0.4, 0.5) is 0 Å². The number of hydrogen-bond acceptors (Lipinski definition) is 3. The number of esters is 1. The molecule has 1 aliphatic heterocycles. The number of rotatable bonds is 2. The number of carbonyl (C=O) groups is 1. The predicted octanol–water partition coefficient (Wildman–Crippen LogP) is 1.93. The number of ether oxygens (including phenoxy) is 2. The van der Waals surface area contributed by atoms with E-state index in [0.29, 0.717) is 11.8 Å². The van der Waals surface area contributed by atoms with Gasteiger partial charge in [-0.2, -0.15) is 0 Å². The quantitative estimate of drug-likeness (QED) is 0.404. The summed E-state index contributed by atoms with van der Waals surface area (Å²) in [4.78, 5) is 11.3. The molecule has 4 heteroatoms. The summed E-state index contributed by atoms with van der Waals surface area (Å²) in [6.07, 6.45) is 1.76. The molecule has 0 radical (unpaired) electrons. The fourth-order valence-electron chi connectivity index (χ4n) is 2.21. The average molecular weight is 219 g/mol. The van der Waals surface area contributed by atoms with Crippen LogP contribution < -0.4 is 0 Å². The van der Waals surface area contributed by atoms with Crippen LogP contribution in [0.25, 0.3) is 0 Å². The summed E-state index contributed by atoms with van der Waals surface area (Å²) in [5.41, 5.74) is -0.406. The minimum atomic E-state index is -1.17. The van der Waals surface area contributed by atoms with E-state index in [4.69, 9.17) is 16.3 Å². The van der Waals surface area contributed by atoms with Crippen molar-refractivity contribution in [2.75, 3.05) is 7.11 Å². The summed E-state index contributed by atoms with van der Waals surface area (Å²) in [6, 6.07) is 0. The lowest BCUT2D eigenvalue weighted by Gasteiger charge is -2.36. The summed E-state index contributed by atoms with van der Waals surface area (Å²) in [7, 11) is 1.33. The molecular weight excluding hydrogens is 204 g/mol. The van der Waals surface area contributed by atoms with Gasteiger partial charge in [-0.05, 0) is 24.7 Å². The molecule has 2 rings (SSSR count). The minimum absolute atomic E-state index is 0.406. The maximum absolute atomic E-state index is 11.3. The monoisotopic (exact) mass is 218 g/mol. The Labute approximate surface area is 88.7 Å². The van der Waals surface area contributed by atoms with E-state index in [1.54, 1.807) is 0 Å². The van der Waals surface area contributed by atoms with Crippen molar-refractivity contribution in [2.24, 2.45) is 11.8 Å². The van der Waals surface area contributed by atoms with Gasteiger partial charge in [0.2, 0.25) is 0 Å². The highest BCUT2D eigenvalue weighted by molar-refractivity contribution is 6.36. The molecule has 80 valence electrons. The number of alkyl halides is 1. The molecule has 0 N–H and O–H groups in total. The lowest BCUT2D eigenvalue weighted by atomic mass is 9.67. The zero-order valence-corrected chi connectivity index (χ0v) is 9.43. The fraction of sp³-hybridized carbons (Fsp3) is 0.900. The Hall–Kier alpha value is -0.280. The summed E-state index contributed by atoms with van der Waals surface area (Å²) in [5, 5.41) is -1.17. The zero-order valence-electron chi connectivity index (χ0n) is 8.67. The first-order valence-electron chi connectivity index (χ1n) is 4.93. The molecular formula is C10H15ClO3. The smallest absolute Gasteiger partial charge is 0.357 e. The third-order valence-electron chi connectivity index (χ3n) is 3.45. The first-order valence-corrected chi connectivity index (χ1v) is 5.30. The second-order valence-electron chi connectivity index (χ2n) is 4.60. The van der Waals surface area contributed by atoms with Crippen molar-refractivity contribution in [3.05, 3.63) is 0 Å². The second kappa shape index (κ2) is 2.86. The van der Waals surface area contributed by atoms with E-state index in [2.05, 4.69) is 18.6 Å². The van der Waals surface area contributed by atoms with Gasteiger partial charge in [0.05, 0.1) is 7.11 Å². The van der Waals surface area contributed by atoms with Crippen molar-refractivity contribution < 1.29 is 14.3 Å². The lowest BCUT2D eigenvalue weighted by Crippen LogP contribution is -2.42. The topological polar surface area (TPSA) is 38.8 Å². The zero-order chi connectivity index (χ0) is 10.6. The first-order chi connectivity index (χ1) is 6.45. The molecule has 14 heavy (non-hydrogen) atoms. The third-order valence-corrected chi connectivity index (χ3v) is 4.03. The molecule has 0 aromatic carbocycles. The van der Waals surface area contributed by atoms with Gasteiger partial charge < -0.3 is 9.47 Å². The third kappa shape index (κ3) is 1.12. The van der Waals surface area contributed by atoms with Crippen molar-refractivity contribution in [1.29, 1.82) is 0 Å². The first kappa shape index (κ1) is 10.2. The normalized spacial score (nSPS) is 45.1. The van der Waals surface area contributed by atoms with E-state index < -0.39 is 16.6 Å². The molecule has 1 spiro atoms. The maximum atomic E-state index is 11.3. The number of epoxide rings is 1. The molecule has 2 aliphatic rings. The molecule has 1 saturated carbocycles. The van der Waals surface area contributed by atoms with Crippen LogP contribution in [0.15, 0.2) is 0 Å². The van der Waals surface area contributed by atoms with Crippen LogP contribution in [-0.2, 0) is 14.3 Å². The SMILES string of the molecule is COC(=O)C1(Cl)OC12CC(C(C)C)C2. The van der Waals surface area contributed by atoms with Crippen molar-refractivity contribution >= 4 is 17.6 Å². The van der Waals surface area contributed by atoms with Gasteiger partial charge in [-0.3, -0.25) is 0 Å². The molecule has 1 saturated heterocycles. The van der Waals surface area contributed by atoms with Crippen LogP contribution in [0.1, 0.15) is 26.7 Å². The predicted molar refractivity (Wildman–Crippen MR) is 52.0 cm³/mol. The molecule has 0 bridgehead atoms. The van der Waals surface area contributed by atoms with Gasteiger partial charge in [-0.1, -0.05) is 25.4 Å². The fourth-order valence-corrected chi connectivity index (χ4v) is 2.59. The van der Waals surface area contributed by atoms with Gasteiger partial charge in [0, 0.05) is 0 Å². The average Bonchev–Trinajstić information content (AvgIpc) is 2.69. The standard InChI is InChI=1S/C10H15ClO3/c1-6(2)7-4-9(5-7)10(11,14-9)8(12)13-3/h6-7H,4-5H2,1-3H3. The largest absolute Gasteiger partial charge is 0.466 e. The van der Waals surface area contributed by atoms with Crippen molar-refractivity contribution in [2.45, 2.75) is 37.4 Å². The molecule has 0 aromatic rings. The van der Waals surface area contributed by atoms with Crippen molar-refractivity contribution in [3.8, 4) is 0 Å². The van der Waals surface area contributed by atoms with Crippen LogP contribution >= 0.6 is 11.6 Å². The summed E-state index contributed by atoms with van der Waals surface area (Å²) in [5.74, 6) is 0.796. The Morgan fingerprint density at radius 2 is 2.14 bits per heavy atom. The Balaban J connectivity index is 1.97. The lowest BCUT2D eigenvalue weighted by molar-refractivity contribution is -0.143. The Morgan fingerprint density at radius 1 is 1.57 bits per heavy atom. The molecule has 1 unspecified atom stereocenters. The highest BCUT2D eigenvalue weighted by Gasteiger charge is 2.79. The minimum Gasteiger partial charge on any atom is -0.466 e. The van der Waals surface area contributed by atoms with Gasteiger partial charge in [0.25, 0.3) is 5.06 Å². The number of halogens is 1. The summed E-state index contributed by atoms with van der Waals surface area (Å²) >= 11 is 6.03. The van der Waals surface area contributed by atoms with E-state index in [0.717, 1.165) is 12.8 Å². The molecule has 0 amide bonds. The second-order valence-corrected chi connectivity index (χ2v) is 5.13. The van der Waals surface area contributed by atoms with Crippen LogP contribution in [0.3, 0.4) is 0 Å². The Morgan fingerprint density at radius 3 is 2.57 bits per heavy atom. The number of methoxy groups -OCH3 is 1. The molecule has 1 heterocycles. The molecule has 2 fully saturated rings. The molecule has 3 nitrogen and oxygen atoms in total. The van der Waals surface area contributed by atoms with Crippen LogP contribution in [0, 0.1) is 11.8 Å². The van der Waals surface area contributed by atoms with Gasteiger partial charge in [-0.25, -0.2) is 4.79 Å². The maximum Gasteiger partial charge on any atom is 0.357 e. The van der Waals surface area contributed by atoms with Crippen LogP contribution in [0.2, 0.25) is 0 Å². The Kier molecular flexibility index (Phi) is 2.09. The molecule has 1 atom stereocenters. The van der Waals surface area contributed by atoms with E-state index >= 15 is 0 Å². The number of hydrogen-bond donors (Lipinski definition) is 0. The highest BCUT2D eigenvalue weighted by Crippen LogP contribution is 2.66. The van der Waals surface area contributed by atoms with E-state index in [1.807, 2.05) is 0 Å². The molecule has 1 aliphatic carbocycles. The summed E-state index contributed by atoms with van der Waals surface area (Å²) < 4.78 is 9.96. The van der Waals surface area contributed by atoms with E-state index in [1.165, 1.54) is 7.11 Å². The van der Waals surface area contributed by atoms with Gasteiger partial charge in [0.1, 0.15) is 5.60 Å². The van der Waals surface area contributed by atoms with Gasteiger partial charge in [-0.15, -0.1) is 0 Å². The molecule has 0 aromatic heterocycles. The Bertz CT molecular complexity index is 271.